The molecule has 0 fully saturated rings. The van der Waals surface area contributed by atoms with Crippen LogP contribution < -0.4 is 4.57 Å². The molecule has 2 heteroatoms. The van der Waals surface area contributed by atoms with Gasteiger partial charge in [0.05, 0.1) is 6.54 Å². The Morgan fingerprint density at radius 1 is 0.625 bits per heavy atom. The van der Waals surface area contributed by atoms with E-state index in [0.29, 0.717) is 0 Å². The number of unbranched alkanes of at least 4 members (excludes halogenated alkanes) is 18. The molecule has 0 amide bonds. The summed E-state index contributed by atoms with van der Waals surface area (Å²) < 4.78 is 2.47. The van der Waals surface area contributed by atoms with E-state index in [9.17, 15) is 0 Å². The van der Waals surface area contributed by atoms with Crippen LogP contribution >= 0.6 is 0 Å². The second kappa shape index (κ2) is 22.0. The fraction of sp³-hybridized carbons (Fsp3) is 0.900. The molecule has 1 rings (SSSR count). The molecule has 0 radical (unpaired) electrons. The van der Waals surface area contributed by atoms with Gasteiger partial charge in [0.1, 0.15) is 12.4 Å². The fourth-order valence-corrected chi connectivity index (χ4v) is 4.85. The van der Waals surface area contributed by atoms with Gasteiger partial charge in [0, 0.05) is 6.42 Å². The van der Waals surface area contributed by atoms with E-state index in [-0.39, 0.29) is 0 Å². The molecule has 1 aromatic rings. The van der Waals surface area contributed by atoms with Crippen molar-refractivity contribution in [2.45, 2.75) is 169 Å². The second-order valence-electron chi connectivity index (χ2n) is 10.8. The van der Waals surface area contributed by atoms with Crippen LogP contribution in [0.5, 0.6) is 0 Å². The Kier molecular flexibility index (Phi) is 20.1. The van der Waals surface area contributed by atoms with Gasteiger partial charge in [0.15, 0.2) is 0 Å². The lowest BCUT2D eigenvalue weighted by Crippen LogP contribution is -2.36. The van der Waals surface area contributed by atoms with Gasteiger partial charge in [-0.25, -0.2) is 9.55 Å². The molecule has 1 N–H and O–H groups in total. The molecule has 1 heterocycles. The van der Waals surface area contributed by atoms with Gasteiger partial charge in [-0.3, -0.25) is 0 Å². The third-order valence-corrected chi connectivity index (χ3v) is 7.05. The third-order valence-electron chi connectivity index (χ3n) is 7.05. The number of hydrogen-bond acceptors (Lipinski definition) is 0. The van der Waals surface area contributed by atoms with Crippen LogP contribution in [-0.2, 0) is 13.0 Å². The highest BCUT2D eigenvalue weighted by atomic mass is 15.1. The molecule has 2 nitrogen and oxygen atoms in total. The Balaban J connectivity index is 1.84. The monoisotopic (exact) mass is 447 g/mol. The van der Waals surface area contributed by atoms with E-state index in [1.54, 1.807) is 0 Å². The SMILES string of the molecule is CCCCCCCCCCCCCCCCCCC[n+]1cc[nH]c1CCCCCC(C)C. The molecule has 0 spiro atoms. The highest BCUT2D eigenvalue weighted by Crippen LogP contribution is 2.14. The molecule has 0 aromatic carbocycles. The van der Waals surface area contributed by atoms with Crippen LogP contribution in [0.2, 0.25) is 0 Å². The van der Waals surface area contributed by atoms with Crippen LogP contribution in [0.1, 0.15) is 161 Å². The van der Waals surface area contributed by atoms with Gasteiger partial charge < -0.3 is 0 Å². The van der Waals surface area contributed by atoms with Gasteiger partial charge >= 0.3 is 0 Å². The number of aromatic amines is 1. The van der Waals surface area contributed by atoms with E-state index >= 15 is 0 Å². The number of imidazole rings is 1. The lowest BCUT2D eigenvalue weighted by molar-refractivity contribution is -0.703. The van der Waals surface area contributed by atoms with E-state index in [1.807, 2.05) is 0 Å². The summed E-state index contributed by atoms with van der Waals surface area (Å²) in [4.78, 5) is 3.48. The Bertz CT molecular complexity index is 491. The molecule has 0 bridgehead atoms. The first-order valence-electron chi connectivity index (χ1n) is 14.8. The largest absolute Gasteiger partial charge is 0.254 e. The van der Waals surface area contributed by atoms with Crippen molar-refractivity contribution >= 4 is 0 Å². The quantitative estimate of drug-likeness (QED) is 0.120. The van der Waals surface area contributed by atoms with Crippen molar-refractivity contribution in [1.29, 1.82) is 0 Å². The van der Waals surface area contributed by atoms with Gasteiger partial charge in [-0.1, -0.05) is 136 Å². The van der Waals surface area contributed by atoms with Crippen LogP contribution in [0.25, 0.3) is 0 Å². The second-order valence-corrected chi connectivity index (χ2v) is 10.8. The number of aromatic nitrogens is 2. The standard InChI is InChI=1S/C30H58N2/c1-4-5-6-7-8-9-10-11-12-13-14-15-16-17-18-19-23-27-32-28-26-31-30(32)25-22-20-21-24-29(2)3/h26,28-29H,4-25,27H2,1-3H3/p+1. The molecule has 0 atom stereocenters. The number of rotatable bonds is 24. The summed E-state index contributed by atoms with van der Waals surface area (Å²) in [6.45, 7) is 8.16. The Hall–Kier alpha value is -0.790. The van der Waals surface area contributed by atoms with Gasteiger partial charge in [0.25, 0.3) is 5.82 Å². The Labute approximate surface area is 202 Å². The van der Waals surface area contributed by atoms with Gasteiger partial charge in [-0.05, 0) is 25.2 Å². The first-order valence-corrected chi connectivity index (χ1v) is 14.8. The average Bonchev–Trinajstić information content (AvgIpc) is 3.22. The molecule has 1 aromatic heterocycles. The summed E-state index contributed by atoms with van der Waals surface area (Å²) in [6, 6.07) is 0. The van der Waals surface area contributed by atoms with Gasteiger partial charge in [-0.2, -0.15) is 0 Å². The number of nitrogens with zero attached hydrogens (tertiary/aromatic N) is 1. The maximum atomic E-state index is 3.48. The smallest absolute Gasteiger partial charge is 0.248 e. The Morgan fingerprint density at radius 3 is 1.59 bits per heavy atom. The van der Waals surface area contributed by atoms with Crippen molar-refractivity contribution in [3.8, 4) is 0 Å². The topological polar surface area (TPSA) is 19.7 Å². The summed E-state index contributed by atoms with van der Waals surface area (Å²) in [5.41, 5.74) is 0. The number of nitrogens with one attached hydrogen (secondary N) is 1. The first-order chi connectivity index (χ1) is 15.7. The van der Waals surface area contributed by atoms with Crippen LogP contribution in [0.4, 0.5) is 0 Å². The van der Waals surface area contributed by atoms with Crippen LogP contribution in [0.3, 0.4) is 0 Å². The van der Waals surface area contributed by atoms with Crippen LogP contribution in [-0.4, -0.2) is 4.98 Å². The molecule has 0 saturated heterocycles. The number of H-pyrrole nitrogens is 1. The minimum Gasteiger partial charge on any atom is -0.248 e. The number of aryl methyl sites for hydroxylation is 2. The zero-order valence-corrected chi connectivity index (χ0v) is 22.4. The van der Waals surface area contributed by atoms with Crippen molar-refractivity contribution in [3.63, 3.8) is 0 Å². The maximum absolute atomic E-state index is 3.48. The van der Waals surface area contributed by atoms with Crippen LogP contribution in [0, 0.1) is 5.92 Å². The van der Waals surface area contributed by atoms with Gasteiger partial charge in [0.2, 0.25) is 0 Å². The number of hydrogen-bond donors (Lipinski definition) is 1. The predicted octanol–water partition coefficient (Wildman–Crippen LogP) is 9.71. The average molecular weight is 448 g/mol. The van der Waals surface area contributed by atoms with Gasteiger partial charge in [-0.15, -0.1) is 0 Å². The highest BCUT2D eigenvalue weighted by Gasteiger charge is 2.09. The molecule has 32 heavy (non-hydrogen) atoms. The predicted molar refractivity (Wildman–Crippen MR) is 142 cm³/mol. The molecule has 0 aliphatic rings. The van der Waals surface area contributed by atoms with Crippen molar-refractivity contribution in [1.82, 2.24) is 4.98 Å². The molecule has 0 saturated carbocycles. The Morgan fingerprint density at radius 2 is 1.09 bits per heavy atom. The van der Waals surface area contributed by atoms with Crippen molar-refractivity contribution in [2.24, 2.45) is 5.92 Å². The lowest BCUT2D eigenvalue weighted by Gasteiger charge is -2.05. The summed E-state index contributed by atoms with van der Waals surface area (Å²) in [7, 11) is 0. The zero-order valence-electron chi connectivity index (χ0n) is 22.4. The fourth-order valence-electron chi connectivity index (χ4n) is 4.85. The molecule has 0 aliphatic heterocycles. The molecule has 188 valence electrons. The summed E-state index contributed by atoms with van der Waals surface area (Å²) in [6.07, 6.45) is 35.6. The van der Waals surface area contributed by atoms with E-state index in [0.717, 1.165) is 5.92 Å². The van der Waals surface area contributed by atoms with Crippen molar-refractivity contribution < 1.29 is 4.57 Å². The minimum atomic E-state index is 0.852. The summed E-state index contributed by atoms with van der Waals surface area (Å²) >= 11 is 0. The van der Waals surface area contributed by atoms with Crippen LogP contribution in [0.15, 0.2) is 12.4 Å². The van der Waals surface area contributed by atoms with E-state index in [4.69, 9.17) is 0 Å². The van der Waals surface area contributed by atoms with E-state index in [2.05, 4.69) is 42.7 Å². The third kappa shape index (κ3) is 17.7. The summed E-state index contributed by atoms with van der Waals surface area (Å²) in [5, 5.41) is 0. The van der Waals surface area contributed by atoms with E-state index < -0.39 is 0 Å². The minimum absolute atomic E-state index is 0.852. The molecule has 0 unspecified atom stereocenters. The normalized spacial score (nSPS) is 11.6. The highest BCUT2D eigenvalue weighted by molar-refractivity contribution is 4.77. The molecule has 0 aliphatic carbocycles. The van der Waals surface area contributed by atoms with Crippen molar-refractivity contribution in [2.75, 3.05) is 0 Å². The molecular formula is C30H59N2+. The van der Waals surface area contributed by atoms with Crippen molar-refractivity contribution in [3.05, 3.63) is 18.2 Å². The zero-order chi connectivity index (χ0) is 23.1. The summed E-state index contributed by atoms with van der Waals surface area (Å²) in [5.74, 6) is 2.29. The maximum Gasteiger partial charge on any atom is 0.254 e. The van der Waals surface area contributed by atoms with E-state index in [1.165, 1.54) is 154 Å². The lowest BCUT2D eigenvalue weighted by atomic mass is 10.0. The molecular weight excluding hydrogens is 388 g/mol. The first kappa shape index (κ1) is 29.2.